The van der Waals surface area contributed by atoms with Gasteiger partial charge in [0.2, 0.25) is 0 Å². The Morgan fingerprint density at radius 1 is 1.00 bits per heavy atom. The molecule has 0 radical (unpaired) electrons. The lowest BCUT2D eigenvalue weighted by molar-refractivity contribution is 0.131. The number of rotatable bonds is 4. The van der Waals surface area contributed by atoms with Crippen molar-refractivity contribution >= 4 is 17.8 Å². The van der Waals surface area contributed by atoms with Crippen LogP contribution in [0.25, 0.3) is 0 Å². The Morgan fingerprint density at radius 3 is 2.39 bits per heavy atom. The molecule has 23 heavy (non-hydrogen) atoms. The van der Waals surface area contributed by atoms with Gasteiger partial charge in [-0.2, -0.15) is 5.10 Å². The van der Waals surface area contributed by atoms with Crippen LogP contribution in [0.1, 0.15) is 16.7 Å². The van der Waals surface area contributed by atoms with Crippen molar-refractivity contribution < 1.29 is 0 Å². The van der Waals surface area contributed by atoms with Gasteiger partial charge in [0.05, 0.1) is 6.21 Å². The Morgan fingerprint density at radius 2 is 1.70 bits per heavy atom. The van der Waals surface area contributed by atoms with E-state index in [1.165, 1.54) is 11.1 Å². The van der Waals surface area contributed by atoms with Crippen LogP contribution < -0.4 is 0 Å². The fraction of sp³-hybridized carbons (Fsp3) is 0.316. The third kappa shape index (κ3) is 4.57. The van der Waals surface area contributed by atoms with E-state index in [9.17, 15) is 0 Å². The molecule has 1 aliphatic heterocycles. The van der Waals surface area contributed by atoms with E-state index < -0.39 is 0 Å². The van der Waals surface area contributed by atoms with Gasteiger partial charge in [-0.15, -0.1) is 0 Å². The first kappa shape index (κ1) is 16.0. The summed E-state index contributed by atoms with van der Waals surface area (Å²) in [6.07, 6.45) is 1.95. The molecule has 3 nitrogen and oxygen atoms in total. The van der Waals surface area contributed by atoms with E-state index in [4.69, 9.17) is 11.6 Å². The third-order valence-electron chi connectivity index (χ3n) is 4.15. The van der Waals surface area contributed by atoms with Crippen LogP contribution in [0.4, 0.5) is 0 Å². The summed E-state index contributed by atoms with van der Waals surface area (Å²) in [5.41, 5.74) is 3.62. The summed E-state index contributed by atoms with van der Waals surface area (Å²) in [5.74, 6) is 0. The van der Waals surface area contributed by atoms with Crippen LogP contribution in [0, 0.1) is 6.92 Å². The summed E-state index contributed by atoms with van der Waals surface area (Å²) in [7, 11) is 0. The fourth-order valence-electron chi connectivity index (χ4n) is 2.68. The second kappa shape index (κ2) is 7.62. The number of hydrazone groups is 1. The average Bonchev–Trinajstić information content (AvgIpc) is 2.58. The van der Waals surface area contributed by atoms with Crippen LogP contribution in [0.5, 0.6) is 0 Å². The smallest absolute Gasteiger partial charge is 0.0542 e. The van der Waals surface area contributed by atoms with Gasteiger partial charge < -0.3 is 0 Å². The maximum atomic E-state index is 6.24. The van der Waals surface area contributed by atoms with Crippen molar-refractivity contribution in [3.63, 3.8) is 0 Å². The predicted molar refractivity (Wildman–Crippen MR) is 97.1 cm³/mol. The molecule has 4 heteroatoms. The van der Waals surface area contributed by atoms with E-state index >= 15 is 0 Å². The van der Waals surface area contributed by atoms with Crippen LogP contribution in [-0.4, -0.2) is 42.3 Å². The SMILES string of the molecule is Cc1ccc(C=NN2CCN(Cc3ccccc3Cl)CC2)cc1. The summed E-state index contributed by atoms with van der Waals surface area (Å²) in [6, 6.07) is 16.5. The zero-order valence-electron chi connectivity index (χ0n) is 13.5. The van der Waals surface area contributed by atoms with E-state index in [-0.39, 0.29) is 0 Å². The molecule has 0 unspecified atom stereocenters. The lowest BCUT2D eigenvalue weighted by Crippen LogP contribution is -2.43. The maximum Gasteiger partial charge on any atom is 0.0542 e. The van der Waals surface area contributed by atoms with Crippen LogP contribution in [0.2, 0.25) is 5.02 Å². The van der Waals surface area contributed by atoms with Gasteiger partial charge in [0.1, 0.15) is 0 Å². The first-order valence-electron chi connectivity index (χ1n) is 8.02. The molecule has 0 aliphatic carbocycles. The minimum atomic E-state index is 0.854. The van der Waals surface area contributed by atoms with E-state index in [2.05, 4.69) is 52.3 Å². The maximum absolute atomic E-state index is 6.24. The van der Waals surface area contributed by atoms with Crippen molar-refractivity contribution in [1.82, 2.24) is 9.91 Å². The third-order valence-corrected chi connectivity index (χ3v) is 4.52. The average molecular weight is 328 g/mol. The van der Waals surface area contributed by atoms with Crippen molar-refractivity contribution in [1.29, 1.82) is 0 Å². The van der Waals surface area contributed by atoms with Gasteiger partial charge in [0.15, 0.2) is 0 Å². The van der Waals surface area contributed by atoms with Gasteiger partial charge in [-0.3, -0.25) is 9.91 Å². The van der Waals surface area contributed by atoms with Gasteiger partial charge in [0, 0.05) is 37.7 Å². The number of nitrogens with zero attached hydrogens (tertiary/aromatic N) is 3. The van der Waals surface area contributed by atoms with Crippen molar-refractivity contribution in [2.45, 2.75) is 13.5 Å². The second-order valence-corrected chi connectivity index (χ2v) is 6.38. The molecule has 1 saturated heterocycles. The first-order valence-corrected chi connectivity index (χ1v) is 8.40. The molecule has 120 valence electrons. The molecular weight excluding hydrogens is 306 g/mol. The van der Waals surface area contributed by atoms with Crippen LogP contribution >= 0.6 is 11.6 Å². The zero-order valence-corrected chi connectivity index (χ0v) is 14.2. The Bertz CT molecular complexity index is 659. The van der Waals surface area contributed by atoms with E-state index in [1.54, 1.807) is 0 Å². The quantitative estimate of drug-likeness (QED) is 0.795. The second-order valence-electron chi connectivity index (χ2n) is 5.98. The van der Waals surface area contributed by atoms with Gasteiger partial charge >= 0.3 is 0 Å². The fourth-order valence-corrected chi connectivity index (χ4v) is 2.87. The molecule has 1 heterocycles. The molecule has 3 rings (SSSR count). The van der Waals surface area contributed by atoms with Crippen LogP contribution in [0.15, 0.2) is 53.6 Å². The first-order chi connectivity index (χ1) is 11.2. The number of benzene rings is 2. The number of halogens is 1. The molecule has 1 aliphatic rings. The van der Waals surface area contributed by atoms with Gasteiger partial charge in [-0.25, -0.2) is 0 Å². The molecular formula is C19H22ClN3. The minimum absolute atomic E-state index is 0.854. The van der Waals surface area contributed by atoms with E-state index in [0.717, 1.165) is 43.3 Å². The molecule has 0 bridgehead atoms. The molecule has 0 spiro atoms. The number of hydrogen-bond donors (Lipinski definition) is 0. The molecule has 2 aromatic carbocycles. The predicted octanol–water partition coefficient (Wildman–Crippen LogP) is 3.80. The summed E-state index contributed by atoms with van der Waals surface area (Å²) in [5, 5.41) is 7.59. The van der Waals surface area contributed by atoms with E-state index in [1.807, 2.05) is 24.4 Å². The standard InChI is InChI=1S/C19H22ClN3/c1-16-6-8-17(9-7-16)14-21-23-12-10-22(11-13-23)15-18-4-2-3-5-19(18)20/h2-9,14H,10-13,15H2,1H3. The number of hydrogen-bond acceptors (Lipinski definition) is 3. The van der Waals surface area contributed by atoms with Gasteiger partial charge in [0.25, 0.3) is 0 Å². The zero-order chi connectivity index (χ0) is 16.1. The van der Waals surface area contributed by atoms with Gasteiger partial charge in [-0.05, 0) is 24.1 Å². The van der Waals surface area contributed by atoms with Gasteiger partial charge in [-0.1, -0.05) is 59.6 Å². The van der Waals surface area contributed by atoms with Crippen molar-refractivity contribution in [2.24, 2.45) is 5.10 Å². The Kier molecular flexibility index (Phi) is 5.31. The number of aryl methyl sites for hydroxylation is 1. The van der Waals surface area contributed by atoms with E-state index in [0.29, 0.717) is 0 Å². The summed E-state index contributed by atoms with van der Waals surface area (Å²) in [6.45, 7) is 6.93. The Balaban J connectivity index is 1.50. The topological polar surface area (TPSA) is 18.8 Å². The largest absolute Gasteiger partial charge is 0.295 e. The molecule has 0 N–H and O–H groups in total. The highest BCUT2D eigenvalue weighted by molar-refractivity contribution is 6.31. The Hall–Kier alpha value is -1.84. The lowest BCUT2D eigenvalue weighted by Gasteiger charge is -2.33. The minimum Gasteiger partial charge on any atom is -0.295 e. The van der Waals surface area contributed by atoms with Crippen LogP contribution in [0.3, 0.4) is 0 Å². The van der Waals surface area contributed by atoms with Crippen molar-refractivity contribution in [2.75, 3.05) is 26.2 Å². The molecule has 0 amide bonds. The van der Waals surface area contributed by atoms with Crippen molar-refractivity contribution in [3.8, 4) is 0 Å². The lowest BCUT2D eigenvalue weighted by atomic mass is 10.2. The summed E-state index contributed by atoms with van der Waals surface area (Å²) in [4.78, 5) is 2.43. The van der Waals surface area contributed by atoms with Crippen molar-refractivity contribution in [3.05, 3.63) is 70.2 Å². The summed E-state index contributed by atoms with van der Waals surface area (Å²) >= 11 is 6.24. The molecule has 1 fully saturated rings. The molecule has 0 saturated carbocycles. The van der Waals surface area contributed by atoms with Crippen LogP contribution in [-0.2, 0) is 6.54 Å². The number of piperazine rings is 1. The normalized spacial score (nSPS) is 16.2. The molecule has 2 aromatic rings. The molecule has 0 atom stereocenters. The highest BCUT2D eigenvalue weighted by Crippen LogP contribution is 2.17. The highest BCUT2D eigenvalue weighted by atomic mass is 35.5. The highest BCUT2D eigenvalue weighted by Gasteiger charge is 2.16. The molecule has 0 aromatic heterocycles. The Labute approximate surface area is 143 Å². The monoisotopic (exact) mass is 327 g/mol. The summed E-state index contributed by atoms with van der Waals surface area (Å²) < 4.78 is 0.